The van der Waals surface area contributed by atoms with Crippen molar-refractivity contribution in [2.24, 2.45) is 0 Å². The van der Waals surface area contributed by atoms with Crippen LogP contribution in [0.15, 0.2) is 23.6 Å². The van der Waals surface area contributed by atoms with Crippen LogP contribution in [-0.2, 0) is 6.54 Å². The van der Waals surface area contributed by atoms with Crippen LogP contribution >= 0.6 is 22.9 Å². The van der Waals surface area contributed by atoms with Gasteiger partial charge in [-0.15, -0.1) is 11.3 Å². The molecule has 1 fully saturated rings. The summed E-state index contributed by atoms with van der Waals surface area (Å²) in [6.07, 6.45) is 5.04. The molecule has 3 rings (SSSR count). The molecule has 2 heterocycles. The number of carbonyl (C=O) groups excluding carboxylic acids is 1. The fourth-order valence-electron chi connectivity index (χ4n) is 2.80. The maximum absolute atomic E-state index is 13.8. The summed E-state index contributed by atoms with van der Waals surface area (Å²) in [6.45, 7) is 2.98. The van der Waals surface area contributed by atoms with Gasteiger partial charge in [0.05, 0.1) is 11.3 Å². The topological polar surface area (TPSA) is 45.2 Å². The molecule has 0 saturated carbocycles. The van der Waals surface area contributed by atoms with Gasteiger partial charge in [0, 0.05) is 16.9 Å². The maximum atomic E-state index is 13.8. The lowest BCUT2D eigenvalue weighted by atomic mass is 10.2. The van der Waals surface area contributed by atoms with Gasteiger partial charge in [-0.25, -0.2) is 9.37 Å². The summed E-state index contributed by atoms with van der Waals surface area (Å²) in [5, 5.41) is 5.35. The van der Waals surface area contributed by atoms with Crippen LogP contribution in [0.3, 0.4) is 0 Å². The highest BCUT2D eigenvalue weighted by atomic mass is 35.5. The second kappa shape index (κ2) is 8.05. The number of carbonyl (C=O) groups is 1. The molecule has 2 aromatic rings. The van der Waals surface area contributed by atoms with Crippen LogP contribution in [0, 0.1) is 5.82 Å². The number of hydrogen-bond donors (Lipinski definition) is 1. The Labute approximate surface area is 149 Å². The summed E-state index contributed by atoms with van der Waals surface area (Å²) >= 11 is 7.06. The summed E-state index contributed by atoms with van der Waals surface area (Å²) in [6, 6.07) is 3.99. The lowest BCUT2D eigenvalue weighted by Crippen LogP contribution is -2.24. The van der Waals surface area contributed by atoms with E-state index in [-0.39, 0.29) is 10.6 Å². The molecule has 1 aliphatic rings. The zero-order chi connectivity index (χ0) is 16.9. The summed E-state index contributed by atoms with van der Waals surface area (Å²) in [5.41, 5.74) is 0.900. The van der Waals surface area contributed by atoms with Crippen molar-refractivity contribution in [2.45, 2.75) is 32.2 Å². The largest absolute Gasteiger partial charge is 0.298 e. The molecule has 1 aromatic carbocycles. The van der Waals surface area contributed by atoms with E-state index in [0.717, 1.165) is 31.4 Å². The van der Waals surface area contributed by atoms with Crippen LogP contribution in [0.2, 0.25) is 5.02 Å². The first kappa shape index (κ1) is 17.3. The first-order chi connectivity index (χ1) is 11.6. The van der Waals surface area contributed by atoms with Gasteiger partial charge in [0.1, 0.15) is 5.82 Å². The van der Waals surface area contributed by atoms with Crippen LogP contribution in [0.25, 0.3) is 0 Å². The predicted octanol–water partition coefficient (Wildman–Crippen LogP) is 4.56. The fourth-order valence-corrected chi connectivity index (χ4v) is 3.65. The number of nitrogens with zero attached hydrogens (tertiary/aromatic N) is 2. The Bertz CT molecular complexity index is 714. The van der Waals surface area contributed by atoms with E-state index in [1.165, 1.54) is 49.2 Å². The average Bonchev–Trinajstić information content (AvgIpc) is 2.80. The average molecular weight is 368 g/mol. The third kappa shape index (κ3) is 4.53. The van der Waals surface area contributed by atoms with Gasteiger partial charge in [0.2, 0.25) is 0 Å². The Hall–Kier alpha value is -1.50. The molecule has 0 unspecified atom stereocenters. The number of hydrogen-bond acceptors (Lipinski definition) is 4. The monoisotopic (exact) mass is 367 g/mol. The zero-order valence-corrected chi connectivity index (χ0v) is 14.8. The smallest absolute Gasteiger partial charge is 0.260 e. The van der Waals surface area contributed by atoms with Crippen LogP contribution < -0.4 is 5.32 Å². The van der Waals surface area contributed by atoms with Gasteiger partial charge in [-0.05, 0) is 44.1 Å². The minimum absolute atomic E-state index is 0.0383. The van der Waals surface area contributed by atoms with Crippen molar-refractivity contribution >= 4 is 34.0 Å². The van der Waals surface area contributed by atoms with Crippen molar-refractivity contribution < 1.29 is 9.18 Å². The molecule has 0 radical (unpaired) electrons. The predicted molar refractivity (Wildman–Crippen MR) is 95.2 cm³/mol. The molecule has 0 spiro atoms. The number of amides is 1. The van der Waals surface area contributed by atoms with Crippen molar-refractivity contribution in [1.82, 2.24) is 9.88 Å². The molecule has 7 heteroatoms. The lowest BCUT2D eigenvalue weighted by molar-refractivity contribution is 0.102. The van der Waals surface area contributed by atoms with Gasteiger partial charge in [0.25, 0.3) is 5.91 Å². The number of rotatable bonds is 4. The second-order valence-corrected chi connectivity index (χ2v) is 7.21. The molecule has 128 valence electrons. The highest BCUT2D eigenvalue weighted by molar-refractivity contribution is 7.13. The van der Waals surface area contributed by atoms with Gasteiger partial charge in [0.15, 0.2) is 5.13 Å². The van der Waals surface area contributed by atoms with Crippen molar-refractivity contribution in [1.29, 1.82) is 0 Å². The number of thiazole rings is 1. The van der Waals surface area contributed by atoms with Crippen molar-refractivity contribution in [3.05, 3.63) is 45.7 Å². The minimum Gasteiger partial charge on any atom is -0.298 e. The summed E-state index contributed by atoms with van der Waals surface area (Å²) in [7, 11) is 0. The van der Waals surface area contributed by atoms with Crippen molar-refractivity contribution in [3.63, 3.8) is 0 Å². The van der Waals surface area contributed by atoms with Gasteiger partial charge < -0.3 is 0 Å². The van der Waals surface area contributed by atoms with E-state index in [1.807, 2.05) is 5.38 Å². The molecule has 0 aliphatic carbocycles. The molecule has 4 nitrogen and oxygen atoms in total. The first-order valence-corrected chi connectivity index (χ1v) is 9.31. The molecule has 1 aromatic heterocycles. The van der Waals surface area contributed by atoms with Gasteiger partial charge in [-0.1, -0.05) is 24.4 Å². The van der Waals surface area contributed by atoms with Crippen LogP contribution in [0.4, 0.5) is 9.52 Å². The number of aromatic nitrogens is 1. The van der Waals surface area contributed by atoms with Gasteiger partial charge >= 0.3 is 0 Å². The number of likely N-dealkylation sites (tertiary alicyclic amines) is 1. The highest BCUT2D eigenvalue weighted by Gasteiger charge is 2.15. The van der Waals surface area contributed by atoms with Gasteiger partial charge in [-0.3, -0.25) is 15.0 Å². The molecule has 24 heavy (non-hydrogen) atoms. The molecular formula is C17H19ClFN3OS. The van der Waals surface area contributed by atoms with Gasteiger partial charge in [-0.2, -0.15) is 0 Å². The third-order valence-corrected chi connectivity index (χ3v) is 5.07. The van der Waals surface area contributed by atoms with Crippen LogP contribution in [-0.4, -0.2) is 28.9 Å². The quantitative estimate of drug-likeness (QED) is 0.861. The Kier molecular flexibility index (Phi) is 5.81. The Morgan fingerprint density at radius 2 is 2.04 bits per heavy atom. The van der Waals surface area contributed by atoms with E-state index in [1.54, 1.807) is 0 Å². The highest BCUT2D eigenvalue weighted by Crippen LogP contribution is 2.21. The third-order valence-electron chi connectivity index (χ3n) is 4.03. The maximum Gasteiger partial charge on any atom is 0.260 e. The first-order valence-electron chi connectivity index (χ1n) is 8.05. The number of benzene rings is 1. The van der Waals surface area contributed by atoms with Crippen molar-refractivity contribution in [2.75, 3.05) is 18.4 Å². The fraction of sp³-hybridized carbons (Fsp3) is 0.412. The van der Waals surface area contributed by atoms with Crippen LogP contribution in [0.5, 0.6) is 0 Å². The molecule has 1 N–H and O–H groups in total. The molecule has 0 atom stereocenters. The van der Waals surface area contributed by atoms with E-state index < -0.39 is 11.7 Å². The molecule has 1 amide bonds. The molecule has 1 aliphatic heterocycles. The normalized spacial score (nSPS) is 15.9. The lowest BCUT2D eigenvalue weighted by Gasteiger charge is -2.17. The molecular weight excluding hydrogens is 349 g/mol. The zero-order valence-electron chi connectivity index (χ0n) is 13.2. The Morgan fingerprint density at radius 1 is 1.29 bits per heavy atom. The number of nitrogens with one attached hydrogen (secondary N) is 1. The molecule has 0 bridgehead atoms. The van der Waals surface area contributed by atoms with E-state index in [0.29, 0.717) is 5.13 Å². The van der Waals surface area contributed by atoms with E-state index in [2.05, 4.69) is 15.2 Å². The SMILES string of the molecule is O=C(Nc1nc(CN2CCCCCC2)cs1)c1ccc(Cl)cc1F. The van der Waals surface area contributed by atoms with E-state index in [9.17, 15) is 9.18 Å². The minimum atomic E-state index is -0.638. The van der Waals surface area contributed by atoms with Crippen LogP contribution in [0.1, 0.15) is 41.7 Å². The van der Waals surface area contributed by atoms with Crippen molar-refractivity contribution in [3.8, 4) is 0 Å². The summed E-state index contributed by atoms with van der Waals surface area (Å²) < 4.78 is 13.8. The second-order valence-electron chi connectivity index (χ2n) is 5.91. The summed E-state index contributed by atoms with van der Waals surface area (Å²) in [4.78, 5) is 19.0. The Morgan fingerprint density at radius 3 is 2.75 bits per heavy atom. The number of halogens is 2. The summed E-state index contributed by atoms with van der Waals surface area (Å²) in [5.74, 6) is -1.15. The number of anilines is 1. The van der Waals surface area contributed by atoms with E-state index >= 15 is 0 Å². The van der Waals surface area contributed by atoms with E-state index in [4.69, 9.17) is 11.6 Å². The Balaban J connectivity index is 1.61. The molecule has 1 saturated heterocycles. The standard InChI is InChI=1S/C17H19ClFN3OS/c18-12-5-6-14(15(19)9-12)16(23)21-17-20-13(11-24-17)10-22-7-3-1-2-4-8-22/h5-6,9,11H,1-4,7-8,10H2,(H,20,21,23).